The van der Waals surface area contributed by atoms with E-state index in [-0.39, 0.29) is 12.4 Å². The van der Waals surface area contributed by atoms with Crippen LogP contribution in [0.1, 0.15) is 11.1 Å². The molecule has 0 amide bonds. The van der Waals surface area contributed by atoms with Crippen molar-refractivity contribution in [1.82, 2.24) is 4.90 Å². The Bertz CT molecular complexity index is 650. The number of nitriles is 1. The summed E-state index contributed by atoms with van der Waals surface area (Å²) in [6.45, 7) is 0.888. The largest absolute Gasteiger partial charge is 0.398 e. The zero-order valence-electron chi connectivity index (χ0n) is 12.0. The van der Waals surface area contributed by atoms with E-state index in [0.717, 1.165) is 11.4 Å². The van der Waals surface area contributed by atoms with E-state index in [1.807, 2.05) is 18.2 Å². The fraction of sp³-hybridized carbons (Fsp3) is 0.188. The monoisotopic (exact) mass is 318 g/mol. The minimum atomic E-state index is 0. The van der Waals surface area contributed by atoms with Crippen LogP contribution in [0.5, 0.6) is 0 Å². The Kier molecular flexibility index (Phi) is 6.57. The molecule has 0 aliphatic carbocycles. The third-order valence-electron chi connectivity index (χ3n) is 2.82. The summed E-state index contributed by atoms with van der Waals surface area (Å²) in [4.78, 5) is 4.31. The third kappa shape index (κ3) is 4.68. The van der Waals surface area contributed by atoms with E-state index in [4.69, 9.17) is 11.0 Å². The molecule has 2 rings (SSSR count). The molecule has 0 aliphatic rings. The molecule has 0 aromatic heterocycles. The molecule has 110 valence electrons. The fourth-order valence-electron chi connectivity index (χ4n) is 1.90. The van der Waals surface area contributed by atoms with Crippen molar-refractivity contribution in [2.24, 2.45) is 0 Å². The molecule has 0 heterocycles. The number of benzene rings is 2. The van der Waals surface area contributed by atoms with E-state index in [0.29, 0.717) is 11.3 Å². The molecular weight excluding hydrogens is 301 g/mol. The van der Waals surface area contributed by atoms with Crippen LogP contribution in [0.3, 0.4) is 0 Å². The predicted molar refractivity (Wildman–Crippen MR) is 90.8 cm³/mol. The van der Waals surface area contributed by atoms with Gasteiger partial charge in [0.05, 0.1) is 11.6 Å². The van der Waals surface area contributed by atoms with Crippen LogP contribution in [0, 0.1) is 11.3 Å². The lowest BCUT2D eigenvalue weighted by Gasteiger charge is -2.14. The van der Waals surface area contributed by atoms with Crippen LogP contribution in [0.2, 0.25) is 0 Å². The highest BCUT2D eigenvalue weighted by Crippen LogP contribution is 2.34. The Morgan fingerprint density at radius 1 is 1.14 bits per heavy atom. The molecule has 0 saturated carbocycles. The minimum Gasteiger partial charge on any atom is -0.398 e. The van der Waals surface area contributed by atoms with Gasteiger partial charge in [0.1, 0.15) is 0 Å². The molecule has 0 radical (unpaired) electrons. The molecule has 5 heteroatoms. The van der Waals surface area contributed by atoms with E-state index in [2.05, 4.69) is 37.2 Å². The van der Waals surface area contributed by atoms with E-state index in [1.165, 1.54) is 10.5 Å². The lowest BCUT2D eigenvalue weighted by atomic mass is 10.2. The number of nitrogens with zero attached hydrogens (tertiary/aromatic N) is 2. The van der Waals surface area contributed by atoms with Gasteiger partial charge in [-0.05, 0) is 43.9 Å². The second-order valence-electron chi connectivity index (χ2n) is 4.81. The first-order chi connectivity index (χ1) is 9.60. The van der Waals surface area contributed by atoms with Crippen LogP contribution in [-0.2, 0) is 6.54 Å². The quantitative estimate of drug-likeness (QED) is 0.872. The van der Waals surface area contributed by atoms with Crippen molar-refractivity contribution < 1.29 is 0 Å². The normalized spacial score (nSPS) is 10.0. The topological polar surface area (TPSA) is 53.0 Å². The fourth-order valence-corrected chi connectivity index (χ4v) is 2.86. The van der Waals surface area contributed by atoms with Crippen LogP contribution in [-0.4, -0.2) is 19.0 Å². The Balaban J connectivity index is 0.00000220. The standard InChI is InChI=1S/C16H17N3S.ClH/c1-19(2)11-13-5-3-4-6-15(13)20-16-8-7-12(10-17)9-14(16)18;/h3-9H,11,18H2,1-2H3;1H/i1-1;. The Labute approximate surface area is 136 Å². The van der Waals surface area contributed by atoms with E-state index in [1.54, 1.807) is 23.9 Å². The van der Waals surface area contributed by atoms with Gasteiger partial charge in [-0.25, -0.2) is 0 Å². The second-order valence-corrected chi connectivity index (χ2v) is 5.90. The average molecular weight is 319 g/mol. The SMILES string of the molecule is CN([11CH3])Cc1ccccc1Sc1ccc(C#N)cc1N.Cl. The summed E-state index contributed by atoms with van der Waals surface area (Å²) in [6.07, 6.45) is 0. The van der Waals surface area contributed by atoms with Gasteiger partial charge in [-0.15, -0.1) is 12.4 Å². The van der Waals surface area contributed by atoms with Crippen molar-refractivity contribution >= 4 is 29.9 Å². The summed E-state index contributed by atoms with van der Waals surface area (Å²) >= 11 is 1.64. The molecule has 0 bridgehead atoms. The molecule has 0 aliphatic heterocycles. The van der Waals surface area contributed by atoms with Crippen molar-refractivity contribution in [3.8, 4) is 6.07 Å². The first kappa shape index (κ1) is 17.4. The molecular formula is C16H18ClN3S. The maximum Gasteiger partial charge on any atom is 0.0992 e. The van der Waals surface area contributed by atoms with Gasteiger partial charge in [0.2, 0.25) is 0 Å². The van der Waals surface area contributed by atoms with Crippen LogP contribution in [0.4, 0.5) is 5.69 Å². The second kappa shape index (κ2) is 7.94. The molecule has 0 spiro atoms. The van der Waals surface area contributed by atoms with E-state index >= 15 is 0 Å². The zero-order valence-corrected chi connectivity index (χ0v) is 13.7. The highest BCUT2D eigenvalue weighted by molar-refractivity contribution is 7.99. The van der Waals surface area contributed by atoms with Crippen molar-refractivity contribution in [2.45, 2.75) is 16.3 Å². The lowest BCUT2D eigenvalue weighted by Crippen LogP contribution is -2.11. The van der Waals surface area contributed by atoms with Gasteiger partial charge in [0.15, 0.2) is 0 Å². The summed E-state index contributed by atoms with van der Waals surface area (Å²) in [6, 6.07) is 15.8. The molecule has 2 aromatic carbocycles. The molecule has 0 fully saturated rings. The maximum atomic E-state index is 8.87. The van der Waals surface area contributed by atoms with Crippen molar-refractivity contribution in [2.75, 3.05) is 19.8 Å². The molecule has 0 unspecified atom stereocenters. The predicted octanol–water partition coefficient (Wildman–Crippen LogP) is 3.78. The Morgan fingerprint density at radius 3 is 2.48 bits per heavy atom. The average Bonchev–Trinajstić information content (AvgIpc) is 2.42. The summed E-state index contributed by atoms with van der Waals surface area (Å²) < 4.78 is 0. The molecule has 21 heavy (non-hydrogen) atoms. The van der Waals surface area contributed by atoms with E-state index in [9.17, 15) is 0 Å². The van der Waals surface area contributed by atoms with Crippen LogP contribution in [0.25, 0.3) is 0 Å². The Morgan fingerprint density at radius 2 is 1.86 bits per heavy atom. The summed E-state index contributed by atoms with van der Waals surface area (Å²) in [5, 5.41) is 8.87. The smallest absolute Gasteiger partial charge is 0.0992 e. The molecule has 3 nitrogen and oxygen atoms in total. The summed E-state index contributed by atoms with van der Waals surface area (Å²) in [7, 11) is 4.11. The van der Waals surface area contributed by atoms with Crippen LogP contribution < -0.4 is 5.73 Å². The minimum absolute atomic E-state index is 0. The number of rotatable bonds is 4. The van der Waals surface area contributed by atoms with Gasteiger partial charge >= 0.3 is 0 Å². The lowest BCUT2D eigenvalue weighted by molar-refractivity contribution is 0.399. The van der Waals surface area contributed by atoms with Gasteiger partial charge in [0, 0.05) is 22.0 Å². The van der Waals surface area contributed by atoms with Crippen LogP contribution >= 0.6 is 24.2 Å². The van der Waals surface area contributed by atoms with Gasteiger partial charge in [0.25, 0.3) is 0 Å². The summed E-state index contributed by atoms with van der Waals surface area (Å²) in [5.74, 6) is 0. The molecule has 0 saturated heterocycles. The van der Waals surface area contributed by atoms with Crippen molar-refractivity contribution in [1.29, 1.82) is 5.26 Å². The first-order valence-electron chi connectivity index (χ1n) is 6.30. The Hall–Kier alpha value is -1.67. The first-order valence-corrected chi connectivity index (χ1v) is 7.12. The number of halogens is 1. The number of hydrogen-bond acceptors (Lipinski definition) is 4. The van der Waals surface area contributed by atoms with Gasteiger partial charge in [-0.1, -0.05) is 30.0 Å². The number of nitrogens with two attached hydrogens (primary N) is 1. The molecule has 2 N–H and O–H groups in total. The third-order valence-corrected chi connectivity index (χ3v) is 4.03. The molecule has 0 atom stereocenters. The summed E-state index contributed by atoms with van der Waals surface area (Å²) in [5.41, 5.74) is 8.52. The maximum absolute atomic E-state index is 8.87. The van der Waals surface area contributed by atoms with Crippen molar-refractivity contribution in [3.63, 3.8) is 0 Å². The number of anilines is 1. The zero-order chi connectivity index (χ0) is 14.5. The van der Waals surface area contributed by atoms with Gasteiger partial charge in [-0.2, -0.15) is 5.26 Å². The van der Waals surface area contributed by atoms with Crippen molar-refractivity contribution in [3.05, 3.63) is 53.6 Å². The highest BCUT2D eigenvalue weighted by atomic mass is 35.5. The van der Waals surface area contributed by atoms with Crippen LogP contribution in [0.15, 0.2) is 52.3 Å². The highest BCUT2D eigenvalue weighted by Gasteiger charge is 2.08. The van der Waals surface area contributed by atoms with Gasteiger partial charge < -0.3 is 10.6 Å². The number of hydrogen-bond donors (Lipinski definition) is 1. The van der Waals surface area contributed by atoms with E-state index < -0.39 is 0 Å². The number of nitrogen functional groups attached to an aromatic ring is 1. The van der Waals surface area contributed by atoms with Gasteiger partial charge in [-0.3, -0.25) is 0 Å². The molecule has 2 aromatic rings.